The van der Waals surface area contributed by atoms with Crippen LogP contribution in [-0.2, 0) is 0 Å². The van der Waals surface area contributed by atoms with Gasteiger partial charge in [-0.1, -0.05) is 18.2 Å². The van der Waals surface area contributed by atoms with Gasteiger partial charge in [-0.25, -0.2) is 4.98 Å². The Morgan fingerprint density at radius 1 is 1.10 bits per heavy atom. The van der Waals surface area contributed by atoms with Crippen molar-refractivity contribution in [2.75, 3.05) is 38.2 Å². The topological polar surface area (TPSA) is 67.3 Å². The van der Waals surface area contributed by atoms with Gasteiger partial charge in [-0.05, 0) is 55.8 Å². The van der Waals surface area contributed by atoms with E-state index in [0.717, 1.165) is 55.3 Å². The van der Waals surface area contributed by atoms with Crippen molar-refractivity contribution in [3.63, 3.8) is 0 Å². The van der Waals surface area contributed by atoms with Crippen LogP contribution in [0.4, 0.5) is 5.82 Å². The van der Waals surface area contributed by atoms with Gasteiger partial charge in [0.25, 0.3) is 0 Å². The number of carbonyl (C=O) groups is 1. The second-order valence-electron chi connectivity index (χ2n) is 7.39. The van der Waals surface area contributed by atoms with Crippen LogP contribution < -0.4 is 15.0 Å². The summed E-state index contributed by atoms with van der Waals surface area (Å²) in [7, 11) is 1.64. The number of pyridine rings is 2. The number of aryl methyl sites for hydroxylation is 1. The molecule has 1 N–H and O–H groups in total. The van der Waals surface area contributed by atoms with E-state index in [1.165, 1.54) is 0 Å². The van der Waals surface area contributed by atoms with Gasteiger partial charge in [0.15, 0.2) is 0 Å². The van der Waals surface area contributed by atoms with Crippen LogP contribution in [0, 0.1) is 6.92 Å². The predicted octanol–water partition coefficient (Wildman–Crippen LogP) is 3.98. The van der Waals surface area contributed by atoms with Crippen molar-refractivity contribution >= 4 is 11.6 Å². The number of rotatable bonds is 5. The van der Waals surface area contributed by atoms with Crippen molar-refractivity contribution in [1.29, 1.82) is 0 Å². The van der Waals surface area contributed by atoms with Crippen LogP contribution in [0.5, 0.6) is 5.75 Å². The van der Waals surface area contributed by atoms with Crippen LogP contribution in [-0.4, -0.2) is 49.0 Å². The fraction of sp³-hybridized carbons (Fsp3) is 0.292. The maximum atomic E-state index is 13.3. The molecule has 1 aliphatic heterocycles. The molecule has 6 heteroatoms. The van der Waals surface area contributed by atoms with E-state index < -0.39 is 0 Å². The zero-order valence-corrected chi connectivity index (χ0v) is 17.4. The summed E-state index contributed by atoms with van der Waals surface area (Å²) >= 11 is 0. The van der Waals surface area contributed by atoms with Crippen molar-refractivity contribution in [1.82, 2.24) is 15.3 Å². The average molecular weight is 407 g/mol. The number of benzene rings is 1. The minimum atomic E-state index is -0.112. The van der Waals surface area contributed by atoms with E-state index in [9.17, 15) is 4.79 Å². The fourth-order valence-corrected chi connectivity index (χ4v) is 3.66. The number of methoxy groups -OCH3 is 1. The van der Waals surface area contributed by atoms with E-state index in [-0.39, 0.29) is 8.64 Å². The third kappa shape index (κ3) is 4.33. The molecule has 30 heavy (non-hydrogen) atoms. The normalized spacial score (nSPS) is 14.3. The van der Waals surface area contributed by atoms with Gasteiger partial charge in [0, 0.05) is 45.5 Å². The van der Waals surface area contributed by atoms with Gasteiger partial charge in [0.05, 0.1) is 7.11 Å². The molecule has 3 heterocycles. The van der Waals surface area contributed by atoms with Crippen molar-refractivity contribution in [2.45, 2.75) is 13.3 Å². The van der Waals surface area contributed by atoms with Crippen molar-refractivity contribution in [3.8, 4) is 16.9 Å². The van der Waals surface area contributed by atoms with E-state index in [1.54, 1.807) is 19.4 Å². The van der Waals surface area contributed by atoms with Crippen LogP contribution >= 0.6 is 0 Å². The molecule has 0 aliphatic carbocycles. The minimum absolute atomic E-state index is 0. The quantitative estimate of drug-likeness (QED) is 0.647. The molecule has 0 radical (unpaired) electrons. The fourth-order valence-electron chi connectivity index (χ4n) is 3.66. The van der Waals surface area contributed by atoms with Crippen LogP contribution in [0.2, 0.25) is 0 Å². The molecule has 158 valence electrons. The Kier molecular flexibility index (Phi) is 6.05. The summed E-state index contributed by atoms with van der Waals surface area (Å²) in [5.41, 5.74) is 3.53. The lowest BCUT2D eigenvalue weighted by atomic mass is 10.0. The first-order chi connectivity index (χ1) is 14.7. The molecule has 0 unspecified atom stereocenters. The van der Waals surface area contributed by atoms with Gasteiger partial charge in [0.2, 0.25) is 5.78 Å². The standard InChI is InChI=1S/C24H26N4O2.2H2/c1-17-21(15-19(16-26-17)18-6-3-7-20(14-18)30-2)24(29)22-8-4-9-23(27-22)28-12-5-10-25-11-13-28;;/h3-4,6-9,14-16,25H,5,10-13H2,1-2H3;2*1H. The highest BCUT2D eigenvalue weighted by Gasteiger charge is 2.18. The molecule has 1 saturated heterocycles. The molecular weight excluding hydrogens is 376 g/mol. The number of hydrogen-bond acceptors (Lipinski definition) is 6. The highest BCUT2D eigenvalue weighted by Crippen LogP contribution is 2.26. The largest absolute Gasteiger partial charge is 0.497 e. The van der Waals surface area contributed by atoms with Crippen LogP contribution in [0.25, 0.3) is 11.1 Å². The Balaban J connectivity index is 0.00000181. The Morgan fingerprint density at radius 3 is 2.83 bits per heavy atom. The summed E-state index contributed by atoms with van der Waals surface area (Å²) in [6.07, 6.45) is 2.85. The van der Waals surface area contributed by atoms with Crippen LogP contribution in [0.15, 0.2) is 54.7 Å². The molecule has 1 fully saturated rings. The van der Waals surface area contributed by atoms with Gasteiger partial charge in [-0.2, -0.15) is 0 Å². The maximum absolute atomic E-state index is 13.3. The average Bonchev–Trinajstić information content (AvgIpc) is 3.09. The second-order valence-corrected chi connectivity index (χ2v) is 7.39. The highest BCUT2D eigenvalue weighted by atomic mass is 16.5. The summed E-state index contributed by atoms with van der Waals surface area (Å²) in [6.45, 7) is 5.61. The molecule has 0 saturated carbocycles. The molecule has 0 bridgehead atoms. The molecule has 4 rings (SSSR count). The minimum Gasteiger partial charge on any atom is -0.497 e. The Labute approximate surface area is 179 Å². The molecule has 1 aliphatic rings. The van der Waals surface area contributed by atoms with E-state index in [4.69, 9.17) is 4.74 Å². The van der Waals surface area contributed by atoms with E-state index in [1.807, 2.05) is 49.4 Å². The van der Waals surface area contributed by atoms with E-state index in [2.05, 4.69) is 20.2 Å². The molecule has 0 spiro atoms. The zero-order valence-electron chi connectivity index (χ0n) is 17.4. The van der Waals surface area contributed by atoms with Crippen LogP contribution in [0.1, 0.15) is 31.0 Å². The van der Waals surface area contributed by atoms with Gasteiger partial charge in [0.1, 0.15) is 17.3 Å². The molecule has 6 nitrogen and oxygen atoms in total. The maximum Gasteiger partial charge on any atom is 0.213 e. The lowest BCUT2D eigenvalue weighted by Gasteiger charge is -2.21. The van der Waals surface area contributed by atoms with E-state index >= 15 is 0 Å². The number of aromatic nitrogens is 2. The van der Waals surface area contributed by atoms with Crippen molar-refractivity contribution in [2.24, 2.45) is 0 Å². The summed E-state index contributed by atoms with van der Waals surface area (Å²) in [4.78, 5) is 24.7. The van der Waals surface area contributed by atoms with Crippen molar-refractivity contribution < 1.29 is 12.4 Å². The van der Waals surface area contributed by atoms with Crippen LogP contribution in [0.3, 0.4) is 0 Å². The summed E-state index contributed by atoms with van der Waals surface area (Å²) < 4.78 is 5.32. The van der Waals surface area contributed by atoms with Gasteiger partial charge in [-0.3, -0.25) is 9.78 Å². The predicted molar refractivity (Wildman–Crippen MR) is 123 cm³/mol. The number of nitrogens with zero attached hydrogens (tertiary/aromatic N) is 3. The van der Waals surface area contributed by atoms with E-state index in [0.29, 0.717) is 17.0 Å². The summed E-state index contributed by atoms with van der Waals surface area (Å²) in [5, 5.41) is 3.39. The molecule has 1 aromatic carbocycles. The van der Waals surface area contributed by atoms with Gasteiger partial charge >= 0.3 is 0 Å². The number of anilines is 1. The number of carbonyl (C=O) groups excluding carboxylic acids is 1. The molecule has 0 atom stereocenters. The number of hydrogen-bond donors (Lipinski definition) is 1. The third-order valence-corrected chi connectivity index (χ3v) is 5.37. The Morgan fingerprint density at radius 2 is 1.97 bits per heavy atom. The molecule has 3 aromatic rings. The first-order valence-corrected chi connectivity index (χ1v) is 10.2. The number of nitrogens with one attached hydrogen (secondary N) is 1. The molecule has 0 amide bonds. The summed E-state index contributed by atoms with van der Waals surface area (Å²) in [5.74, 6) is 1.50. The monoisotopic (exact) mass is 406 g/mol. The zero-order chi connectivity index (χ0) is 20.9. The number of ether oxygens (including phenoxy) is 1. The van der Waals surface area contributed by atoms with Gasteiger partial charge in [-0.15, -0.1) is 0 Å². The first kappa shape index (κ1) is 20.0. The number of ketones is 1. The first-order valence-electron chi connectivity index (χ1n) is 10.2. The lowest BCUT2D eigenvalue weighted by molar-refractivity contribution is 0.103. The highest BCUT2D eigenvalue weighted by molar-refractivity contribution is 6.09. The van der Waals surface area contributed by atoms with Gasteiger partial charge < -0.3 is 15.0 Å². The Hall–Kier alpha value is -3.25. The molecule has 2 aromatic heterocycles. The third-order valence-electron chi connectivity index (χ3n) is 5.37. The summed E-state index contributed by atoms with van der Waals surface area (Å²) in [6, 6.07) is 15.3. The van der Waals surface area contributed by atoms with Crippen molar-refractivity contribution in [3.05, 3.63) is 71.7 Å². The second kappa shape index (κ2) is 9.05. The lowest BCUT2D eigenvalue weighted by Crippen LogP contribution is -2.29. The smallest absolute Gasteiger partial charge is 0.213 e. The SMILES string of the molecule is COc1cccc(-c2cnc(C)c(C(=O)c3cccc(N4CCCNCC4)n3)c2)c1.[HH].[HH]. The Bertz CT molecular complexity index is 1050. The molecular formula is C24H30N4O2.